The van der Waals surface area contributed by atoms with Crippen LogP contribution in [0.3, 0.4) is 0 Å². The number of rotatable bonds is 6. The van der Waals surface area contributed by atoms with Crippen LogP contribution in [0.25, 0.3) is 6.08 Å². The molecule has 0 fully saturated rings. The molecule has 0 aliphatic rings. The van der Waals surface area contributed by atoms with Gasteiger partial charge in [-0.05, 0) is 23.8 Å². The maximum atomic E-state index is 11.5. The van der Waals surface area contributed by atoms with Crippen LogP contribution in [0.5, 0.6) is 0 Å². The number of hydrogen-bond acceptors (Lipinski definition) is 2. The summed E-state index contributed by atoms with van der Waals surface area (Å²) in [5.41, 5.74) is 0.901. The monoisotopic (exact) mass is 294 g/mol. The molecule has 1 rings (SSSR count). The van der Waals surface area contributed by atoms with E-state index in [4.69, 9.17) is 11.6 Å². The third-order valence-electron chi connectivity index (χ3n) is 2.55. The molecular weight excluding hydrogens is 276 g/mol. The van der Waals surface area contributed by atoms with Gasteiger partial charge in [0, 0.05) is 30.1 Å². The first-order chi connectivity index (χ1) is 9.49. The van der Waals surface area contributed by atoms with Crippen LogP contribution in [-0.4, -0.2) is 24.9 Å². The zero-order valence-corrected chi connectivity index (χ0v) is 12.4. The van der Waals surface area contributed by atoms with E-state index in [1.165, 1.54) is 6.08 Å². The Kier molecular flexibility index (Phi) is 6.81. The second-order valence-corrected chi connectivity index (χ2v) is 5.06. The van der Waals surface area contributed by atoms with Crippen LogP contribution in [0.1, 0.15) is 19.4 Å². The lowest BCUT2D eigenvalue weighted by Crippen LogP contribution is -2.35. The number of carbonyl (C=O) groups excluding carboxylic acids is 2. The number of carbonyl (C=O) groups is 2. The summed E-state index contributed by atoms with van der Waals surface area (Å²) in [7, 11) is 0. The van der Waals surface area contributed by atoms with Crippen LogP contribution in [0.4, 0.5) is 0 Å². The number of benzene rings is 1. The molecule has 2 amide bonds. The van der Waals surface area contributed by atoms with Gasteiger partial charge < -0.3 is 10.6 Å². The van der Waals surface area contributed by atoms with Crippen LogP contribution >= 0.6 is 11.6 Å². The van der Waals surface area contributed by atoms with E-state index < -0.39 is 0 Å². The molecule has 0 radical (unpaired) electrons. The van der Waals surface area contributed by atoms with Crippen molar-refractivity contribution in [2.75, 3.05) is 13.1 Å². The molecule has 0 saturated heterocycles. The van der Waals surface area contributed by atoms with Crippen molar-refractivity contribution in [1.29, 1.82) is 0 Å². The lowest BCUT2D eigenvalue weighted by molar-refractivity contribution is -0.124. The van der Waals surface area contributed by atoms with Crippen molar-refractivity contribution >= 4 is 29.5 Å². The second-order valence-electron chi connectivity index (χ2n) is 4.62. The van der Waals surface area contributed by atoms with Gasteiger partial charge in [-0.15, -0.1) is 0 Å². The van der Waals surface area contributed by atoms with E-state index in [0.29, 0.717) is 18.1 Å². The molecule has 0 aromatic heterocycles. The average molecular weight is 295 g/mol. The summed E-state index contributed by atoms with van der Waals surface area (Å²) in [4.78, 5) is 22.8. The van der Waals surface area contributed by atoms with Crippen LogP contribution in [0.2, 0.25) is 5.02 Å². The summed E-state index contributed by atoms with van der Waals surface area (Å²) in [6.07, 6.45) is 3.16. The highest BCUT2D eigenvalue weighted by Gasteiger charge is 2.04. The molecular formula is C15H19ClN2O2. The third kappa shape index (κ3) is 6.38. The predicted octanol–water partition coefficient (Wildman–Crippen LogP) is 2.24. The lowest BCUT2D eigenvalue weighted by Gasteiger charge is -2.07. The highest BCUT2D eigenvalue weighted by atomic mass is 35.5. The molecule has 5 heteroatoms. The largest absolute Gasteiger partial charge is 0.354 e. The lowest BCUT2D eigenvalue weighted by atomic mass is 10.2. The molecule has 0 atom stereocenters. The summed E-state index contributed by atoms with van der Waals surface area (Å²) in [5.74, 6) is -0.259. The molecule has 20 heavy (non-hydrogen) atoms. The van der Waals surface area contributed by atoms with Crippen LogP contribution in [0, 0.1) is 5.92 Å². The van der Waals surface area contributed by atoms with Gasteiger partial charge in [-0.1, -0.05) is 37.6 Å². The highest BCUT2D eigenvalue weighted by molar-refractivity contribution is 6.30. The van der Waals surface area contributed by atoms with E-state index in [1.54, 1.807) is 18.2 Å². The Labute approximate surface area is 124 Å². The normalized spacial score (nSPS) is 10.8. The minimum atomic E-state index is -0.196. The zero-order valence-electron chi connectivity index (χ0n) is 11.7. The van der Waals surface area contributed by atoms with Crippen molar-refractivity contribution in [2.45, 2.75) is 13.8 Å². The Balaban J connectivity index is 2.26. The fourth-order valence-corrected chi connectivity index (χ4v) is 1.51. The number of nitrogens with one attached hydrogen (secondary N) is 2. The standard InChI is InChI=1S/C15H19ClN2O2/c1-11(2)15(20)18-10-9-17-14(19)8-5-12-3-6-13(16)7-4-12/h3-8,11H,9-10H2,1-2H3,(H,17,19)(H,18,20)/b8-5+. The Bertz CT molecular complexity index is 481. The van der Waals surface area contributed by atoms with E-state index in [0.717, 1.165) is 5.56 Å². The van der Waals surface area contributed by atoms with Gasteiger partial charge in [-0.3, -0.25) is 9.59 Å². The molecule has 4 nitrogen and oxygen atoms in total. The van der Waals surface area contributed by atoms with E-state index in [-0.39, 0.29) is 17.7 Å². The maximum absolute atomic E-state index is 11.5. The van der Waals surface area contributed by atoms with E-state index in [2.05, 4.69) is 10.6 Å². The van der Waals surface area contributed by atoms with Gasteiger partial charge in [0.2, 0.25) is 11.8 Å². The van der Waals surface area contributed by atoms with Crippen molar-refractivity contribution in [1.82, 2.24) is 10.6 Å². The van der Waals surface area contributed by atoms with Gasteiger partial charge in [0.15, 0.2) is 0 Å². The summed E-state index contributed by atoms with van der Waals surface area (Å²) in [5, 5.41) is 6.08. The Morgan fingerprint density at radius 2 is 1.75 bits per heavy atom. The van der Waals surface area contributed by atoms with Gasteiger partial charge in [0.05, 0.1) is 0 Å². The molecule has 0 bridgehead atoms. The molecule has 0 spiro atoms. The first-order valence-corrected chi connectivity index (χ1v) is 6.86. The van der Waals surface area contributed by atoms with Crippen molar-refractivity contribution < 1.29 is 9.59 Å². The molecule has 1 aromatic carbocycles. The second kappa shape index (κ2) is 8.38. The minimum Gasteiger partial charge on any atom is -0.354 e. The smallest absolute Gasteiger partial charge is 0.244 e. The molecule has 0 heterocycles. The minimum absolute atomic E-state index is 0.0176. The van der Waals surface area contributed by atoms with E-state index in [9.17, 15) is 9.59 Å². The Morgan fingerprint density at radius 1 is 1.15 bits per heavy atom. The van der Waals surface area contributed by atoms with Crippen molar-refractivity contribution in [3.05, 3.63) is 40.9 Å². The Morgan fingerprint density at radius 3 is 2.35 bits per heavy atom. The predicted molar refractivity (Wildman–Crippen MR) is 81.3 cm³/mol. The third-order valence-corrected chi connectivity index (χ3v) is 2.80. The molecule has 0 aliphatic heterocycles. The SMILES string of the molecule is CC(C)C(=O)NCCNC(=O)/C=C/c1ccc(Cl)cc1. The van der Waals surface area contributed by atoms with Gasteiger partial charge in [0.1, 0.15) is 0 Å². The summed E-state index contributed by atoms with van der Waals surface area (Å²) < 4.78 is 0. The molecule has 2 N–H and O–H groups in total. The van der Waals surface area contributed by atoms with Crippen LogP contribution < -0.4 is 10.6 Å². The molecule has 0 saturated carbocycles. The van der Waals surface area contributed by atoms with E-state index >= 15 is 0 Å². The quantitative estimate of drug-likeness (QED) is 0.624. The van der Waals surface area contributed by atoms with Crippen molar-refractivity contribution in [2.24, 2.45) is 5.92 Å². The summed E-state index contributed by atoms with van der Waals surface area (Å²) in [6.45, 7) is 4.48. The highest BCUT2D eigenvalue weighted by Crippen LogP contribution is 2.10. The van der Waals surface area contributed by atoms with E-state index in [1.807, 2.05) is 26.0 Å². The summed E-state index contributed by atoms with van der Waals surface area (Å²) >= 11 is 5.77. The van der Waals surface area contributed by atoms with Gasteiger partial charge >= 0.3 is 0 Å². The van der Waals surface area contributed by atoms with Crippen LogP contribution in [0.15, 0.2) is 30.3 Å². The Hall–Kier alpha value is -1.81. The first-order valence-electron chi connectivity index (χ1n) is 6.48. The number of hydrogen-bond donors (Lipinski definition) is 2. The topological polar surface area (TPSA) is 58.2 Å². The van der Waals surface area contributed by atoms with Gasteiger partial charge in [0.25, 0.3) is 0 Å². The fourth-order valence-electron chi connectivity index (χ4n) is 1.38. The fraction of sp³-hybridized carbons (Fsp3) is 0.333. The summed E-state index contributed by atoms with van der Waals surface area (Å²) in [6, 6.07) is 7.19. The first kappa shape index (κ1) is 16.2. The van der Waals surface area contributed by atoms with Gasteiger partial charge in [-0.25, -0.2) is 0 Å². The molecule has 108 valence electrons. The van der Waals surface area contributed by atoms with Crippen molar-refractivity contribution in [3.63, 3.8) is 0 Å². The maximum Gasteiger partial charge on any atom is 0.244 e. The van der Waals surface area contributed by atoms with Crippen LogP contribution in [-0.2, 0) is 9.59 Å². The average Bonchev–Trinajstić information content (AvgIpc) is 2.42. The molecule has 0 unspecified atom stereocenters. The van der Waals surface area contributed by atoms with Crippen molar-refractivity contribution in [3.8, 4) is 0 Å². The van der Waals surface area contributed by atoms with Gasteiger partial charge in [-0.2, -0.15) is 0 Å². The molecule has 1 aromatic rings. The number of halogens is 1. The zero-order chi connectivity index (χ0) is 15.0. The number of amides is 2. The molecule has 0 aliphatic carbocycles.